The Hall–Kier alpha value is -1.81. The molecule has 1 fully saturated rings. The molecule has 1 amide bonds. The SMILES string of the molecule is O=C(Cc1ccccc1)N1CCSC1c1cccnc1. The number of nitrogens with zero attached hydrogens (tertiary/aromatic N) is 2. The molecule has 1 aliphatic heterocycles. The smallest absolute Gasteiger partial charge is 0.228 e. The normalized spacial score (nSPS) is 18.2. The topological polar surface area (TPSA) is 33.2 Å². The molecule has 3 nitrogen and oxygen atoms in total. The van der Waals surface area contributed by atoms with E-state index < -0.39 is 0 Å². The van der Waals surface area contributed by atoms with Gasteiger partial charge in [0.05, 0.1) is 6.42 Å². The minimum absolute atomic E-state index is 0.111. The van der Waals surface area contributed by atoms with Gasteiger partial charge in [0.15, 0.2) is 0 Å². The van der Waals surface area contributed by atoms with Crippen LogP contribution < -0.4 is 0 Å². The molecule has 2 heterocycles. The predicted molar refractivity (Wildman–Crippen MR) is 81.3 cm³/mol. The number of hydrogen-bond donors (Lipinski definition) is 0. The third-order valence-electron chi connectivity index (χ3n) is 3.38. The Labute approximate surface area is 123 Å². The van der Waals surface area contributed by atoms with E-state index in [0.29, 0.717) is 6.42 Å². The lowest BCUT2D eigenvalue weighted by Crippen LogP contribution is -2.31. The summed E-state index contributed by atoms with van der Waals surface area (Å²) in [5, 5.41) is 0.111. The summed E-state index contributed by atoms with van der Waals surface area (Å²) in [6, 6.07) is 13.9. The Balaban J connectivity index is 1.74. The summed E-state index contributed by atoms with van der Waals surface area (Å²) < 4.78 is 0. The zero-order valence-corrected chi connectivity index (χ0v) is 11.9. The van der Waals surface area contributed by atoms with Crippen molar-refractivity contribution in [2.75, 3.05) is 12.3 Å². The number of hydrogen-bond acceptors (Lipinski definition) is 3. The molecule has 0 aliphatic carbocycles. The van der Waals surface area contributed by atoms with Gasteiger partial charge in [0.25, 0.3) is 0 Å². The van der Waals surface area contributed by atoms with Crippen LogP contribution in [0.25, 0.3) is 0 Å². The summed E-state index contributed by atoms with van der Waals surface area (Å²) in [4.78, 5) is 18.6. The number of thioether (sulfide) groups is 1. The number of aromatic nitrogens is 1. The van der Waals surface area contributed by atoms with E-state index in [9.17, 15) is 4.79 Å². The molecular weight excluding hydrogens is 268 g/mol. The molecule has 2 aromatic rings. The Morgan fingerprint density at radius 2 is 2.10 bits per heavy atom. The van der Waals surface area contributed by atoms with Crippen molar-refractivity contribution in [1.29, 1.82) is 0 Å². The monoisotopic (exact) mass is 284 g/mol. The van der Waals surface area contributed by atoms with Gasteiger partial charge in [0.1, 0.15) is 5.37 Å². The quantitative estimate of drug-likeness (QED) is 0.869. The summed E-state index contributed by atoms with van der Waals surface area (Å²) >= 11 is 1.81. The van der Waals surface area contributed by atoms with Gasteiger partial charge in [-0.2, -0.15) is 0 Å². The standard InChI is InChI=1S/C16H16N2OS/c19-15(11-13-5-2-1-3-6-13)18-9-10-20-16(18)14-7-4-8-17-12-14/h1-8,12,16H,9-11H2. The molecule has 20 heavy (non-hydrogen) atoms. The van der Waals surface area contributed by atoms with Crippen molar-refractivity contribution in [1.82, 2.24) is 9.88 Å². The summed E-state index contributed by atoms with van der Waals surface area (Å²) in [5.41, 5.74) is 2.18. The molecule has 1 atom stereocenters. The fourth-order valence-corrected chi connectivity index (χ4v) is 3.66. The fraction of sp³-hybridized carbons (Fsp3) is 0.250. The average Bonchev–Trinajstić information content (AvgIpc) is 2.99. The van der Waals surface area contributed by atoms with E-state index in [0.717, 1.165) is 23.4 Å². The molecule has 4 heteroatoms. The van der Waals surface area contributed by atoms with Gasteiger partial charge in [-0.05, 0) is 11.6 Å². The van der Waals surface area contributed by atoms with Crippen LogP contribution in [0.2, 0.25) is 0 Å². The lowest BCUT2D eigenvalue weighted by atomic mass is 10.1. The lowest BCUT2D eigenvalue weighted by Gasteiger charge is -2.24. The molecule has 1 aromatic carbocycles. The van der Waals surface area contributed by atoms with E-state index in [1.165, 1.54) is 0 Å². The first kappa shape index (κ1) is 13.2. The number of carbonyl (C=O) groups excluding carboxylic acids is 1. The van der Waals surface area contributed by atoms with Crippen molar-refractivity contribution in [2.45, 2.75) is 11.8 Å². The van der Waals surface area contributed by atoms with Crippen molar-refractivity contribution in [3.63, 3.8) is 0 Å². The molecule has 1 aliphatic rings. The molecule has 1 saturated heterocycles. The summed E-state index contributed by atoms with van der Waals surface area (Å²) in [6.45, 7) is 0.815. The largest absolute Gasteiger partial charge is 0.325 e. The number of pyridine rings is 1. The second-order valence-corrected chi connectivity index (χ2v) is 5.95. The fourth-order valence-electron chi connectivity index (χ4n) is 2.40. The summed E-state index contributed by atoms with van der Waals surface area (Å²) in [5.74, 6) is 1.18. The Bertz CT molecular complexity index is 574. The van der Waals surface area contributed by atoms with E-state index in [-0.39, 0.29) is 11.3 Å². The minimum Gasteiger partial charge on any atom is -0.325 e. The molecule has 0 bridgehead atoms. The third kappa shape index (κ3) is 2.85. The maximum atomic E-state index is 12.5. The van der Waals surface area contributed by atoms with Crippen LogP contribution in [0.5, 0.6) is 0 Å². The van der Waals surface area contributed by atoms with Gasteiger partial charge >= 0.3 is 0 Å². The number of carbonyl (C=O) groups is 1. The first-order valence-corrected chi connectivity index (χ1v) is 7.74. The van der Waals surface area contributed by atoms with E-state index in [1.807, 2.05) is 65.3 Å². The van der Waals surface area contributed by atoms with Crippen molar-refractivity contribution < 1.29 is 4.79 Å². The summed E-state index contributed by atoms with van der Waals surface area (Å²) in [6.07, 6.45) is 4.09. The van der Waals surface area contributed by atoms with Crippen molar-refractivity contribution in [2.24, 2.45) is 0 Å². The highest BCUT2D eigenvalue weighted by atomic mass is 32.2. The third-order valence-corrected chi connectivity index (χ3v) is 4.64. The highest BCUT2D eigenvalue weighted by molar-refractivity contribution is 7.99. The van der Waals surface area contributed by atoms with Crippen LogP contribution >= 0.6 is 11.8 Å². The molecule has 1 aromatic heterocycles. The molecular formula is C16H16N2OS. The van der Waals surface area contributed by atoms with Gasteiger partial charge in [0.2, 0.25) is 5.91 Å². The second kappa shape index (κ2) is 6.09. The average molecular weight is 284 g/mol. The van der Waals surface area contributed by atoms with Gasteiger partial charge in [-0.25, -0.2) is 0 Å². The van der Waals surface area contributed by atoms with Crippen molar-refractivity contribution in [3.05, 3.63) is 66.0 Å². The minimum atomic E-state index is 0.111. The van der Waals surface area contributed by atoms with Crippen LogP contribution in [-0.2, 0) is 11.2 Å². The van der Waals surface area contributed by atoms with Gasteiger partial charge in [0, 0.05) is 30.3 Å². The van der Waals surface area contributed by atoms with Crippen LogP contribution in [0.15, 0.2) is 54.9 Å². The molecule has 102 valence electrons. The molecule has 0 radical (unpaired) electrons. The zero-order chi connectivity index (χ0) is 13.8. The predicted octanol–water partition coefficient (Wildman–Crippen LogP) is 2.90. The molecule has 1 unspecified atom stereocenters. The van der Waals surface area contributed by atoms with Crippen LogP contribution in [0.3, 0.4) is 0 Å². The van der Waals surface area contributed by atoms with E-state index in [2.05, 4.69) is 4.98 Å². The molecule has 0 spiro atoms. The van der Waals surface area contributed by atoms with Crippen LogP contribution in [0.1, 0.15) is 16.5 Å². The number of amides is 1. The van der Waals surface area contributed by atoms with Crippen molar-refractivity contribution in [3.8, 4) is 0 Å². The van der Waals surface area contributed by atoms with Gasteiger partial charge in [-0.1, -0.05) is 36.4 Å². The van der Waals surface area contributed by atoms with E-state index in [1.54, 1.807) is 6.20 Å². The number of benzene rings is 1. The molecule has 0 N–H and O–H groups in total. The highest BCUT2D eigenvalue weighted by Gasteiger charge is 2.30. The van der Waals surface area contributed by atoms with Crippen LogP contribution in [0.4, 0.5) is 0 Å². The highest BCUT2D eigenvalue weighted by Crippen LogP contribution is 2.37. The maximum absolute atomic E-state index is 12.5. The van der Waals surface area contributed by atoms with Gasteiger partial charge in [-0.3, -0.25) is 9.78 Å². The maximum Gasteiger partial charge on any atom is 0.228 e. The first-order chi connectivity index (χ1) is 9.84. The second-order valence-electron chi connectivity index (χ2n) is 4.76. The Kier molecular flexibility index (Phi) is 4.02. The van der Waals surface area contributed by atoms with Gasteiger partial charge < -0.3 is 4.90 Å². The first-order valence-electron chi connectivity index (χ1n) is 6.69. The van der Waals surface area contributed by atoms with Crippen LogP contribution in [-0.4, -0.2) is 28.1 Å². The van der Waals surface area contributed by atoms with Crippen LogP contribution in [0, 0.1) is 0 Å². The molecule has 0 saturated carbocycles. The number of rotatable bonds is 3. The van der Waals surface area contributed by atoms with Crippen molar-refractivity contribution >= 4 is 17.7 Å². The van der Waals surface area contributed by atoms with Gasteiger partial charge in [-0.15, -0.1) is 11.8 Å². The zero-order valence-electron chi connectivity index (χ0n) is 11.1. The van der Waals surface area contributed by atoms with E-state index in [4.69, 9.17) is 0 Å². The lowest BCUT2D eigenvalue weighted by molar-refractivity contribution is -0.130. The molecule has 3 rings (SSSR count). The Morgan fingerprint density at radius 1 is 1.25 bits per heavy atom. The summed E-state index contributed by atoms with van der Waals surface area (Å²) in [7, 11) is 0. The van der Waals surface area contributed by atoms with E-state index >= 15 is 0 Å². The Morgan fingerprint density at radius 3 is 2.85 bits per heavy atom.